The van der Waals surface area contributed by atoms with E-state index in [1.165, 1.54) is 30.5 Å². The maximum absolute atomic E-state index is 12.9. The van der Waals surface area contributed by atoms with Gasteiger partial charge in [-0.15, -0.1) is 0 Å². The van der Waals surface area contributed by atoms with Crippen LogP contribution in [0.25, 0.3) is 11.4 Å². The predicted octanol–water partition coefficient (Wildman–Crippen LogP) is 1.96. The molecule has 136 valence electrons. The normalized spacial score (nSPS) is 11.5. The Balaban J connectivity index is 1.56. The molecule has 0 aliphatic rings. The summed E-state index contributed by atoms with van der Waals surface area (Å²) in [6.45, 7) is 0.438. The second kappa shape index (κ2) is 7.58. The van der Waals surface area contributed by atoms with Gasteiger partial charge >= 0.3 is 0 Å². The number of nitrogens with two attached hydrogens (primary N) is 1. The van der Waals surface area contributed by atoms with Gasteiger partial charge in [0.15, 0.2) is 0 Å². The van der Waals surface area contributed by atoms with Gasteiger partial charge in [0, 0.05) is 24.7 Å². The molecule has 2 heterocycles. The maximum atomic E-state index is 12.9. The van der Waals surface area contributed by atoms with Crippen molar-refractivity contribution in [2.45, 2.75) is 17.7 Å². The van der Waals surface area contributed by atoms with Crippen LogP contribution in [0.5, 0.6) is 0 Å². The number of benzene rings is 1. The summed E-state index contributed by atoms with van der Waals surface area (Å²) in [4.78, 5) is 8.18. The Morgan fingerprint density at radius 1 is 1.19 bits per heavy atom. The zero-order valence-electron chi connectivity index (χ0n) is 13.6. The van der Waals surface area contributed by atoms with Crippen molar-refractivity contribution in [3.8, 4) is 11.4 Å². The molecule has 0 aliphatic carbocycles. The molecule has 1 aromatic carbocycles. The number of hydrogen-bond acceptors (Lipinski definition) is 7. The molecule has 0 atom stereocenters. The van der Waals surface area contributed by atoms with Crippen molar-refractivity contribution in [3.05, 3.63) is 54.3 Å². The Morgan fingerprint density at radius 3 is 2.69 bits per heavy atom. The quantitative estimate of drug-likeness (QED) is 0.603. The van der Waals surface area contributed by atoms with Crippen LogP contribution in [-0.2, 0) is 16.4 Å². The number of nitrogens with one attached hydrogen (secondary N) is 1. The van der Waals surface area contributed by atoms with Crippen LogP contribution in [0, 0.1) is 5.82 Å². The molecule has 0 bridgehead atoms. The SMILES string of the molecule is NS(=O)(=O)c1cccnc1NCCCc1nc(-c2ccc(F)cc2)no1. The third-order valence-electron chi connectivity index (χ3n) is 3.51. The van der Waals surface area contributed by atoms with E-state index >= 15 is 0 Å². The number of halogens is 1. The Kier molecular flexibility index (Phi) is 5.24. The lowest BCUT2D eigenvalue weighted by atomic mass is 10.2. The summed E-state index contributed by atoms with van der Waals surface area (Å²) in [5, 5.41) is 12.0. The van der Waals surface area contributed by atoms with E-state index in [1.54, 1.807) is 12.1 Å². The van der Waals surface area contributed by atoms with E-state index in [0.29, 0.717) is 36.7 Å². The van der Waals surface area contributed by atoms with Gasteiger partial charge < -0.3 is 9.84 Å². The summed E-state index contributed by atoms with van der Waals surface area (Å²) in [7, 11) is -3.85. The van der Waals surface area contributed by atoms with Crippen LogP contribution in [-0.4, -0.2) is 30.1 Å². The lowest BCUT2D eigenvalue weighted by molar-refractivity contribution is 0.377. The van der Waals surface area contributed by atoms with Gasteiger partial charge in [0.2, 0.25) is 21.7 Å². The molecule has 0 fully saturated rings. The molecular weight excluding hydrogens is 361 g/mol. The van der Waals surface area contributed by atoms with E-state index in [9.17, 15) is 12.8 Å². The highest BCUT2D eigenvalue weighted by molar-refractivity contribution is 7.89. The number of pyridine rings is 1. The maximum Gasteiger partial charge on any atom is 0.241 e. The zero-order valence-corrected chi connectivity index (χ0v) is 14.4. The summed E-state index contributed by atoms with van der Waals surface area (Å²) in [5.74, 6) is 0.678. The van der Waals surface area contributed by atoms with E-state index in [0.717, 1.165) is 0 Å². The molecule has 26 heavy (non-hydrogen) atoms. The summed E-state index contributed by atoms with van der Waals surface area (Å²) in [6.07, 6.45) is 2.56. The van der Waals surface area contributed by atoms with Crippen LogP contribution in [0.3, 0.4) is 0 Å². The molecule has 3 aromatic rings. The molecule has 0 spiro atoms. The van der Waals surface area contributed by atoms with Gasteiger partial charge in [-0.05, 0) is 42.8 Å². The van der Waals surface area contributed by atoms with Gasteiger partial charge in [0.05, 0.1) is 0 Å². The summed E-state index contributed by atoms with van der Waals surface area (Å²) >= 11 is 0. The zero-order chi connectivity index (χ0) is 18.6. The smallest absolute Gasteiger partial charge is 0.241 e. The van der Waals surface area contributed by atoms with Crippen molar-refractivity contribution in [2.24, 2.45) is 5.14 Å². The van der Waals surface area contributed by atoms with E-state index in [1.807, 2.05) is 0 Å². The fourth-order valence-corrected chi connectivity index (χ4v) is 2.93. The standard InChI is InChI=1S/C16H16FN5O3S/c17-12-7-5-11(6-8-12)15-21-14(25-22-15)4-2-10-20-16-13(26(18,23)24)3-1-9-19-16/h1,3,5-9H,2,4,10H2,(H,19,20)(H2,18,23,24). The van der Waals surface area contributed by atoms with Crippen molar-refractivity contribution in [2.75, 3.05) is 11.9 Å². The number of sulfonamides is 1. The topological polar surface area (TPSA) is 124 Å². The second-order valence-corrected chi connectivity index (χ2v) is 6.97. The first-order valence-electron chi connectivity index (χ1n) is 7.74. The minimum absolute atomic E-state index is 0.0589. The largest absolute Gasteiger partial charge is 0.369 e. The molecule has 0 saturated heterocycles. The number of primary sulfonamides is 1. The Hall–Kier alpha value is -2.85. The summed E-state index contributed by atoms with van der Waals surface area (Å²) < 4.78 is 41.1. The van der Waals surface area contributed by atoms with E-state index in [4.69, 9.17) is 9.66 Å². The van der Waals surface area contributed by atoms with Crippen molar-refractivity contribution in [3.63, 3.8) is 0 Å². The van der Waals surface area contributed by atoms with Crippen LogP contribution in [0.1, 0.15) is 12.3 Å². The average Bonchev–Trinajstić information content (AvgIpc) is 3.08. The Labute approximate surface area is 149 Å². The highest BCUT2D eigenvalue weighted by Gasteiger charge is 2.14. The molecule has 0 amide bonds. The number of hydrogen-bond donors (Lipinski definition) is 2. The van der Waals surface area contributed by atoms with Gasteiger partial charge in [-0.25, -0.2) is 22.9 Å². The van der Waals surface area contributed by atoms with Gasteiger partial charge in [0.1, 0.15) is 16.5 Å². The molecule has 0 unspecified atom stereocenters. The van der Waals surface area contributed by atoms with Gasteiger partial charge in [0.25, 0.3) is 0 Å². The average molecular weight is 377 g/mol. The molecular formula is C16H16FN5O3S. The highest BCUT2D eigenvalue weighted by Crippen LogP contribution is 2.18. The summed E-state index contributed by atoms with van der Waals surface area (Å²) in [5.41, 5.74) is 0.658. The fraction of sp³-hybridized carbons (Fsp3) is 0.188. The van der Waals surface area contributed by atoms with Gasteiger partial charge in [-0.1, -0.05) is 5.16 Å². The first-order chi connectivity index (χ1) is 12.4. The number of rotatable bonds is 7. The van der Waals surface area contributed by atoms with Crippen molar-refractivity contribution in [1.82, 2.24) is 15.1 Å². The first-order valence-corrected chi connectivity index (χ1v) is 9.28. The van der Waals surface area contributed by atoms with Crippen LogP contribution in [0.2, 0.25) is 0 Å². The lowest BCUT2D eigenvalue weighted by Gasteiger charge is -2.08. The third kappa shape index (κ3) is 4.41. The molecule has 10 heteroatoms. The number of aryl methyl sites for hydroxylation is 1. The van der Waals surface area contributed by atoms with Crippen LogP contribution in [0.15, 0.2) is 52.0 Å². The highest BCUT2D eigenvalue weighted by atomic mass is 32.2. The van der Waals surface area contributed by atoms with E-state index < -0.39 is 10.0 Å². The van der Waals surface area contributed by atoms with Gasteiger partial charge in [-0.2, -0.15) is 4.98 Å². The molecule has 3 rings (SSSR count). The minimum atomic E-state index is -3.85. The van der Waals surface area contributed by atoms with E-state index in [-0.39, 0.29) is 16.5 Å². The molecule has 0 radical (unpaired) electrons. The Morgan fingerprint density at radius 2 is 1.96 bits per heavy atom. The molecule has 2 aromatic heterocycles. The monoisotopic (exact) mass is 377 g/mol. The number of aromatic nitrogens is 3. The predicted molar refractivity (Wildman–Crippen MR) is 92.1 cm³/mol. The van der Waals surface area contributed by atoms with Crippen LogP contribution >= 0.6 is 0 Å². The van der Waals surface area contributed by atoms with Crippen molar-refractivity contribution < 1.29 is 17.3 Å². The van der Waals surface area contributed by atoms with Crippen molar-refractivity contribution in [1.29, 1.82) is 0 Å². The molecule has 3 N–H and O–H groups in total. The molecule has 0 aliphatic heterocycles. The number of nitrogens with zero attached hydrogens (tertiary/aromatic N) is 3. The first kappa shape index (κ1) is 18.0. The van der Waals surface area contributed by atoms with E-state index in [2.05, 4.69) is 20.4 Å². The Bertz CT molecular complexity index is 989. The third-order valence-corrected chi connectivity index (χ3v) is 4.45. The molecule has 8 nitrogen and oxygen atoms in total. The minimum Gasteiger partial charge on any atom is -0.369 e. The number of anilines is 1. The van der Waals surface area contributed by atoms with Crippen LogP contribution < -0.4 is 10.5 Å². The van der Waals surface area contributed by atoms with Crippen molar-refractivity contribution >= 4 is 15.8 Å². The summed E-state index contributed by atoms with van der Waals surface area (Å²) in [6, 6.07) is 8.68. The van der Waals surface area contributed by atoms with Crippen LogP contribution in [0.4, 0.5) is 10.2 Å². The lowest BCUT2D eigenvalue weighted by Crippen LogP contribution is -2.16. The fourth-order valence-electron chi connectivity index (χ4n) is 2.27. The second-order valence-electron chi connectivity index (χ2n) is 5.44. The van der Waals surface area contributed by atoms with Gasteiger partial charge in [-0.3, -0.25) is 0 Å². The molecule has 0 saturated carbocycles.